The normalized spacial score (nSPS) is 27.6. The van der Waals surface area contributed by atoms with Crippen LogP contribution in [0.15, 0.2) is 0 Å². The molecule has 0 radical (unpaired) electrons. The number of hydrogen-bond donors (Lipinski definition) is 2. The molecule has 1 rings (SSSR count). The molecule has 3 N–H and O–H groups in total. The van der Waals surface area contributed by atoms with Crippen molar-refractivity contribution in [1.29, 1.82) is 0 Å². The number of nitrogens with zero attached hydrogens (tertiary/aromatic N) is 1. The summed E-state index contributed by atoms with van der Waals surface area (Å²) in [5.74, 6) is 0. The molecule has 1 aliphatic heterocycles. The standard InChI is InChI=1S/C12H26N2O/c1-3-11-6-4-5-8-14(11)9-7-12(2,15)10-13/h11,15H,3-10,13H2,1-2H3. The average molecular weight is 214 g/mol. The van der Waals surface area contributed by atoms with E-state index in [4.69, 9.17) is 5.73 Å². The van der Waals surface area contributed by atoms with E-state index in [0.717, 1.165) is 19.0 Å². The Morgan fingerprint density at radius 1 is 1.47 bits per heavy atom. The first-order valence-electron chi connectivity index (χ1n) is 6.25. The van der Waals surface area contributed by atoms with Gasteiger partial charge in [-0.15, -0.1) is 0 Å². The summed E-state index contributed by atoms with van der Waals surface area (Å²) in [5, 5.41) is 9.86. The monoisotopic (exact) mass is 214 g/mol. The number of aliphatic hydroxyl groups is 1. The highest BCUT2D eigenvalue weighted by Gasteiger charge is 2.24. The minimum absolute atomic E-state index is 0.359. The lowest BCUT2D eigenvalue weighted by Gasteiger charge is -2.36. The van der Waals surface area contributed by atoms with Crippen molar-refractivity contribution in [3.8, 4) is 0 Å². The highest BCUT2D eigenvalue weighted by molar-refractivity contribution is 4.80. The van der Waals surface area contributed by atoms with Crippen LogP contribution in [-0.4, -0.2) is 41.3 Å². The van der Waals surface area contributed by atoms with E-state index in [0.29, 0.717) is 6.54 Å². The zero-order valence-electron chi connectivity index (χ0n) is 10.2. The van der Waals surface area contributed by atoms with E-state index in [1.165, 1.54) is 32.2 Å². The fourth-order valence-electron chi connectivity index (χ4n) is 2.30. The second-order valence-corrected chi connectivity index (χ2v) is 5.04. The molecule has 2 atom stereocenters. The zero-order valence-corrected chi connectivity index (χ0v) is 10.2. The van der Waals surface area contributed by atoms with Crippen LogP contribution >= 0.6 is 0 Å². The van der Waals surface area contributed by atoms with Crippen LogP contribution in [0.4, 0.5) is 0 Å². The van der Waals surface area contributed by atoms with Gasteiger partial charge in [0.25, 0.3) is 0 Å². The quantitative estimate of drug-likeness (QED) is 0.726. The van der Waals surface area contributed by atoms with E-state index >= 15 is 0 Å². The molecule has 3 heteroatoms. The number of nitrogens with two attached hydrogens (primary N) is 1. The minimum Gasteiger partial charge on any atom is -0.389 e. The molecule has 0 aliphatic carbocycles. The van der Waals surface area contributed by atoms with Crippen molar-refractivity contribution in [2.24, 2.45) is 5.73 Å². The Hall–Kier alpha value is -0.120. The van der Waals surface area contributed by atoms with E-state index in [2.05, 4.69) is 11.8 Å². The molecule has 0 aromatic rings. The van der Waals surface area contributed by atoms with E-state index in [9.17, 15) is 5.11 Å². The van der Waals surface area contributed by atoms with Crippen LogP contribution in [0.2, 0.25) is 0 Å². The van der Waals surface area contributed by atoms with E-state index in [1.807, 2.05) is 6.92 Å². The first-order valence-corrected chi connectivity index (χ1v) is 6.25. The third-order valence-corrected chi connectivity index (χ3v) is 3.60. The summed E-state index contributed by atoms with van der Waals surface area (Å²) in [7, 11) is 0. The summed E-state index contributed by atoms with van der Waals surface area (Å²) in [6.45, 7) is 6.63. The van der Waals surface area contributed by atoms with Crippen molar-refractivity contribution in [1.82, 2.24) is 4.90 Å². The van der Waals surface area contributed by atoms with Gasteiger partial charge in [0, 0.05) is 19.1 Å². The number of piperidine rings is 1. The van der Waals surface area contributed by atoms with Crippen LogP contribution in [-0.2, 0) is 0 Å². The van der Waals surface area contributed by atoms with E-state index in [1.54, 1.807) is 0 Å². The molecular formula is C12H26N2O. The second kappa shape index (κ2) is 5.83. The summed E-state index contributed by atoms with van der Waals surface area (Å²) in [5.41, 5.74) is 4.84. The predicted molar refractivity (Wildman–Crippen MR) is 63.8 cm³/mol. The Bertz CT molecular complexity index is 182. The highest BCUT2D eigenvalue weighted by Crippen LogP contribution is 2.21. The van der Waals surface area contributed by atoms with Crippen molar-refractivity contribution in [3.05, 3.63) is 0 Å². The third-order valence-electron chi connectivity index (χ3n) is 3.60. The largest absolute Gasteiger partial charge is 0.389 e. The van der Waals surface area contributed by atoms with E-state index in [-0.39, 0.29) is 0 Å². The summed E-state index contributed by atoms with van der Waals surface area (Å²) >= 11 is 0. The summed E-state index contributed by atoms with van der Waals surface area (Å²) in [6, 6.07) is 0.729. The Labute approximate surface area is 93.6 Å². The van der Waals surface area contributed by atoms with Crippen molar-refractivity contribution in [2.75, 3.05) is 19.6 Å². The fraction of sp³-hybridized carbons (Fsp3) is 1.00. The lowest BCUT2D eigenvalue weighted by atomic mass is 9.97. The van der Waals surface area contributed by atoms with Gasteiger partial charge in [-0.05, 0) is 39.2 Å². The van der Waals surface area contributed by atoms with Gasteiger partial charge >= 0.3 is 0 Å². The van der Waals surface area contributed by atoms with Gasteiger partial charge in [-0.1, -0.05) is 13.3 Å². The minimum atomic E-state index is -0.685. The van der Waals surface area contributed by atoms with Crippen LogP contribution in [0.3, 0.4) is 0 Å². The maximum Gasteiger partial charge on any atom is 0.0753 e. The van der Waals surface area contributed by atoms with Gasteiger partial charge < -0.3 is 15.7 Å². The predicted octanol–water partition coefficient (Wildman–Crippen LogP) is 1.35. The number of rotatable bonds is 5. The lowest BCUT2D eigenvalue weighted by Crippen LogP contribution is -2.44. The Morgan fingerprint density at radius 2 is 2.20 bits per heavy atom. The van der Waals surface area contributed by atoms with E-state index < -0.39 is 5.60 Å². The average Bonchev–Trinajstić information content (AvgIpc) is 2.27. The molecule has 0 spiro atoms. The molecule has 1 aliphatic rings. The molecule has 3 nitrogen and oxygen atoms in total. The molecule has 90 valence electrons. The Balaban J connectivity index is 2.35. The molecule has 0 aromatic carbocycles. The van der Waals surface area contributed by atoms with Crippen LogP contribution < -0.4 is 5.73 Å². The highest BCUT2D eigenvalue weighted by atomic mass is 16.3. The molecule has 0 bridgehead atoms. The smallest absolute Gasteiger partial charge is 0.0753 e. The molecule has 1 fully saturated rings. The maximum atomic E-state index is 9.86. The third kappa shape index (κ3) is 4.09. The van der Waals surface area contributed by atoms with Crippen LogP contribution in [0, 0.1) is 0 Å². The molecule has 15 heavy (non-hydrogen) atoms. The summed E-state index contributed by atoms with van der Waals surface area (Å²) < 4.78 is 0. The second-order valence-electron chi connectivity index (χ2n) is 5.04. The Kier molecular flexibility index (Phi) is 5.03. The molecule has 0 aromatic heterocycles. The summed E-state index contributed by atoms with van der Waals surface area (Å²) in [6.07, 6.45) is 6.01. The molecule has 2 unspecified atom stereocenters. The van der Waals surface area contributed by atoms with Crippen molar-refractivity contribution < 1.29 is 5.11 Å². The maximum absolute atomic E-state index is 9.86. The topological polar surface area (TPSA) is 49.5 Å². The first-order chi connectivity index (χ1) is 7.09. The first kappa shape index (κ1) is 12.9. The summed E-state index contributed by atoms with van der Waals surface area (Å²) in [4.78, 5) is 2.52. The van der Waals surface area contributed by atoms with Crippen LogP contribution in [0.25, 0.3) is 0 Å². The molecule has 0 amide bonds. The zero-order chi connectivity index (χ0) is 11.3. The van der Waals surface area contributed by atoms with Crippen molar-refractivity contribution >= 4 is 0 Å². The van der Waals surface area contributed by atoms with Crippen molar-refractivity contribution in [3.63, 3.8) is 0 Å². The van der Waals surface area contributed by atoms with Gasteiger partial charge in [-0.25, -0.2) is 0 Å². The molecule has 0 saturated carbocycles. The van der Waals surface area contributed by atoms with Gasteiger partial charge in [0.2, 0.25) is 0 Å². The van der Waals surface area contributed by atoms with Gasteiger partial charge in [0.1, 0.15) is 0 Å². The Morgan fingerprint density at radius 3 is 2.80 bits per heavy atom. The van der Waals surface area contributed by atoms with Gasteiger partial charge in [-0.2, -0.15) is 0 Å². The molecule has 1 saturated heterocycles. The van der Waals surface area contributed by atoms with Gasteiger partial charge in [-0.3, -0.25) is 0 Å². The van der Waals surface area contributed by atoms with Gasteiger partial charge in [0.15, 0.2) is 0 Å². The molecule has 1 heterocycles. The van der Waals surface area contributed by atoms with Crippen molar-refractivity contribution in [2.45, 2.75) is 57.6 Å². The number of hydrogen-bond acceptors (Lipinski definition) is 3. The SMILES string of the molecule is CCC1CCCCN1CCC(C)(O)CN. The van der Waals surface area contributed by atoms with Crippen LogP contribution in [0.1, 0.15) is 46.0 Å². The van der Waals surface area contributed by atoms with Gasteiger partial charge in [0.05, 0.1) is 5.60 Å². The lowest BCUT2D eigenvalue weighted by molar-refractivity contribution is 0.0354. The molecular weight excluding hydrogens is 188 g/mol. The van der Waals surface area contributed by atoms with Crippen LogP contribution in [0.5, 0.6) is 0 Å². The number of likely N-dealkylation sites (tertiary alicyclic amines) is 1. The fourth-order valence-corrected chi connectivity index (χ4v) is 2.30.